The molecule has 1 N–H and O–H groups in total. The summed E-state index contributed by atoms with van der Waals surface area (Å²) in [6, 6.07) is 4.52. The highest BCUT2D eigenvalue weighted by Crippen LogP contribution is 2.20. The van der Waals surface area contributed by atoms with Crippen molar-refractivity contribution in [3.63, 3.8) is 0 Å². The second-order valence-corrected chi connectivity index (χ2v) is 5.42. The van der Waals surface area contributed by atoms with Crippen molar-refractivity contribution in [2.24, 2.45) is 5.92 Å². The molecule has 0 saturated carbocycles. The van der Waals surface area contributed by atoms with E-state index in [0.29, 0.717) is 17.2 Å². The summed E-state index contributed by atoms with van der Waals surface area (Å²) in [4.78, 5) is 10.7. The number of carboxylic acid groups (broad SMARTS) is 1. The molecule has 94 valence electrons. The van der Waals surface area contributed by atoms with Gasteiger partial charge < -0.3 is 5.11 Å². The summed E-state index contributed by atoms with van der Waals surface area (Å²) >= 11 is 1.64. The summed E-state index contributed by atoms with van der Waals surface area (Å²) in [5, 5.41) is 8.79. The minimum atomic E-state index is -1.21. The topological polar surface area (TPSA) is 37.3 Å². The van der Waals surface area contributed by atoms with Gasteiger partial charge in [0.05, 0.1) is 5.56 Å². The van der Waals surface area contributed by atoms with E-state index in [0.717, 1.165) is 12.2 Å². The third-order valence-electron chi connectivity index (χ3n) is 2.41. The van der Waals surface area contributed by atoms with Crippen LogP contribution in [0.2, 0.25) is 0 Å². The van der Waals surface area contributed by atoms with E-state index >= 15 is 0 Å². The number of thioether (sulfide) groups is 1. The summed E-state index contributed by atoms with van der Waals surface area (Å²) in [6.45, 7) is 4.29. The van der Waals surface area contributed by atoms with Crippen LogP contribution >= 0.6 is 11.8 Å². The van der Waals surface area contributed by atoms with Crippen LogP contribution in [0.4, 0.5) is 4.39 Å². The Bertz CT molecular complexity index is 391. The van der Waals surface area contributed by atoms with Gasteiger partial charge in [-0.25, -0.2) is 9.18 Å². The van der Waals surface area contributed by atoms with Gasteiger partial charge in [0.25, 0.3) is 0 Å². The summed E-state index contributed by atoms with van der Waals surface area (Å²) in [5.41, 5.74) is 0.227. The van der Waals surface area contributed by atoms with Crippen LogP contribution in [-0.2, 0) is 5.75 Å². The zero-order chi connectivity index (χ0) is 12.8. The van der Waals surface area contributed by atoms with Gasteiger partial charge in [-0.2, -0.15) is 11.8 Å². The quantitative estimate of drug-likeness (QED) is 0.786. The maximum atomic E-state index is 13.7. The first-order valence-corrected chi connectivity index (χ1v) is 6.76. The smallest absolute Gasteiger partial charge is 0.338 e. The molecule has 1 aromatic rings. The summed E-state index contributed by atoms with van der Waals surface area (Å²) in [5.74, 6) is 0.319. The molecular weight excluding hydrogens is 239 g/mol. The van der Waals surface area contributed by atoms with E-state index in [1.807, 2.05) is 0 Å². The van der Waals surface area contributed by atoms with E-state index in [2.05, 4.69) is 13.8 Å². The molecule has 0 radical (unpaired) electrons. The SMILES string of the molecule is CC(C)CCSCc1cccc(C(=O)O)c1F. The second kappa shape index (κ2) is 6.64. The predicted molar refractivity (Wildman–Crippen MR) is 69.0 cm³/mol. The highest BCUT2D eigenvalue weighted by molar-refractivity contribution is 7.98. The molecule has 0 unspecified atom stereocenters. The monoisotopic (exact) mass is 256 g/mol. The first-order chi connectivity index (χ1) is 8.02. The number of benzene rings is 1. The molecule has 0 aliphatic carbocycles. The molecule has 0 fully saturated rings. The van der Waals surface area contributed by atoms with Crippen LogP contribution < -0.4 is 0 Å². The Balaban J connectivity index is 2.59. The number of halogens is 1. The number of carboxylic acids is 1. The maximum absolute atomic E-state index is 13.7. The molecule has 0 saturated heterocycles. The van der Waals surface area contributed by atoms with E-state index in [1.165, 1.54) is 6.07 Å². The molecule has 0 aliphatic heterocycles. The summed E-state index contributed by atoms with van der Waals surface area (Å²) in [7, 11) is 0. The van der Waals surface area contributed by atoms with E-state index in [4.69, 9.17) is 5.11 Å². The van der Waals surface area contributed by atoms with Crippen LogP contribution in [0.15, 0.2) is 18.2 Å². The average molecular weight is 256 g/mol. The van der Waals surface area contributed by atoms with Gasteiger partial charge in [0, 0.05) is 5.75 Å². The third-order valence-corrected chi connectivity index (χ3v) is 3.45. The number of hydrogen-bond donors (Lipinski definition) is 1. The fourth-order valence-electron chi connectivity index (χ4n) is 1.36. The molecular formula is C13H17FO2S. The number of aromatic carboxylic acids is 1. The van der Waals surface area contributed by atoms with Gasteiger partial charge in [-0.15, -0.1) is 0 Å². The normalized spacial score (nSPS) is 10.8. The average Bonchev–Trinajstić information content (AvgIpc) is 2.25. The zero-order valence-corrected chi connectivity index (χ0v) is 10.9. The minimum Gasteiger partial charge on any atom is -0.478 e. The van der Waals surface area contributed by atoms with Gasteiger partial charge in [-0.3, -0.25) is 0 Å². The summed E-state index contributed by atoms with van der Waals surface area (Å²) < 4.78 is 13.7. The highest BCUT2D eigenvalue weighted by atomic mass is 32.2. The van der Waals surface area contributed by atoms with Gasteiger partial charge in [0.15, 0.2) is 0 Å². The number of hydrogen-bond acceptors (Lipinski definition) is 2. The van der Waals surface area contributed by atoms with Crippen LogP contribution in [0.3, 0.4) is 0 Å². The highest BCUT2D eigenvalue weighted by Gasteiger charge is 2.13. The van der Waals surface area contributed by atoms with Crippen molar-refractivity contribution in [1.29, 1.82) is 0 Å². The lowest BCUT2D eigenvalue weighted by atomic mass is 10.1. The van der Waals surface area contributed by atoms with Crippen LogP contribution in [0, 0.1) is 11.7 Å². The standard InChI is InChI=1S/C13H17FO2S/c1-9(2)6-7-17-8-10-4-3-5-11(12(10)14)13(15)16/h3-5,9H,6-8H2,1-2H3,(H,15,16). The molecule has 0 aromatic heterocycles. The van der Waals surface area contributed by atoms with Crippen molar-refractivity contribution < 1.29 is 14.3 Å². The first kappa shape index (κ1) is 14.0. The van der Waals surface area contributed by atoms with Crippen LogP contribution in [0.1, 0.15) is 36.2 Å². The van der Waals surface area contributed by atoms with E-state index < -0.39 is 11.8 Å². The molecule has 0 heterocycles. The Morgan fingerprint density at radius 1 is 1.47 bits per heavy atom. The van der Waals surface area contributed by atoms with Crippen molar-refractivity contribution in [3.8, 4) is 0 Å². The van der Waals surface area contributed by atoms with Crippen LogP contribution in [0.5, 0.6) is 0 Å². The largest absolute Gasteiger partial charge is 0.478 e. The molecule has 1 rings (SSSR count). The molecule has 0 atom stereocenters. The molecule has 17 heavy (non-hydrogen) atoms. The fourth-order valence-corrected chi connectivity index (χ4v) is 2.58. The minimum absolute atomic E-state index is 0.244. The van der Waals surface area contributed by atoms with Gasteiger partial charge in [-0.05, 0) is 29.7 Å². The second-order valence-electron chi connectivity index (χ2n) is 4.32. The Morgan fingerprint density at radius 3 is 2.76 bits per heavy atom. The zero-order valence-electron chi connectivity index (χ0n) is 10.1. The molecule has 0 aliphatic rings. The van der Waals surface area contributed by atoms with Gasteiger partial charge >= 0.3 is 5.97 Å². The summed E-state index contributed by atoms with van der Waals surface area (Å²) in [6.07, 6.45) is 1.09. The first-order valence-electron chi connectivity index (χ1n) is 5.60. The van der Waals surface area contributed by atoms with Crippen molar-refractivity contribution in [3.05, 3.63) is 35.1 Å². The molecule has 0 spiro atoms. The Morgan fingerprint density at radius 2 is 2.18 bits per heavy atom. The van der Waals surface area contributed by atoms with Crippen LogP contribution in [0.25, 0.3) is 0 Å². The van der Waals surface area contributed by atoms with E-state index in [-0.39, 0.29) is 5.56 Å². The molecule has 0 bridgehead atoms. The van der Waals surface area contributed by atoms with E-state index in [9.17, 15) is 9.18 Å². The van der Waals surface area contributed by atoms with Crippen LogP contribution in [-0.4, -0.2) is 16.8 Å². The Labute approximate surface area is 105 Å². The Kier molecular flexibility index (Phi) is 5.48. The lowest BCUT2D eigenvalue weighted by molar-refractivity contribution is 0.0691. The maximum Gasteiger partial charge on any atom is 0.338 e. The molecule has 0 amide bonds. The van der Waals surface area contributed by atoms with Gasteiger partial charge in [0.2, 0.25) is 0 Å². The lowest BCUT2D eigenvalue weighted by Gasteiger charge is -2.07. The lowest BCUT2D eigenvalue weighted by Crippen LogP contribution is -2.03. The Hall–Kier alpha value is -1.03. The predicted octanol–water partition coefficient (Wildman–Crippen LogP) is 3.80. The van der Waals surface area contributed by atoms with Crippen molar-refractivity contribution >= 4 is 17.7 Å². The van der Waals surface area contributed by atoms with E-state index in [1.54, 1.807) is 23.9 Å². The van der Waals surface area contributed by atoms with Gasteiger partial charge in [-0.1, -0.05) is 26.0 Å². The molecule has 2 nitrogen and oxygen atoms in total. The van der Waals surface area contributed by atoms with Crippen molar-refractivity contribution in [1.82, 2.24) is 0 Å². The van der Waals surface area contributed by atoms with Gasteiger partial charge in [0.1, 0.15) is 5.82 Å². The number of carbonyl (C=O) groups is 1. The third kappa shape index (κ3) is 4.38. The van der Waals surface area contributed by atoms with Crippen molar-refractivity contribution in [2.45, 2.75) is 26.0 Å². The fraction of sp³-hybridized carbons (Fsp3) is 0.462. The molecule has 1 aromatic carbocycles. The molecule has 4 heteroatoms. The van der Waals surface area contributed by atoms with Crippen molar-refractivity contribution in [2.75, 3.05) is 5.75 Å². The number of rotatable bonds is 6.